The zero-order valence-electron chi connectivity index (χ0n) is 78.7. The maximum Gasteiger partial charge on any atom is 0.508 e. The van der Waals surface area contributed by atoms with Crippen LogP contribution in [0.15, 0.2) is 106 Å². The number of rotatable bonds is 69. The number of benzene rings is 1. The van der Waals surface area contributed by atoms with Gasteiger partial charge < -0.3 is 140 Å². The largest absolute Gasteiger partial charge is 0.508 e. The highest BCUT2D eigenvalue weighted by Crippen LogP contribution is 2.23. The Hall–Kier alpha value is -5.58. The topological polar surface area (TPSA) is 389 Å². The van der Waals surface area contributed by atoms with Crippen LogP contribution in [-0.2, 0) is 171 Å². The van der Waals surface area contributed by atoms with E-state index in [-0.39, 0.29) is 51.0 Å². The smallest absolute Gasteiger partial charge is 0.502 e. The van der Waals surface area contributed by atoms with Crippen LogP contribution >= 0.6 is 0 Å². The van der Waals surface area contributed by atoms with Crippen LogP contribution in [0.25, 0.3) is 6.08 Å². The SMILES string of the molecule is C=C(C)C(=O)OCCOC(=O)CCCC[Si](OC)(OC)OC.C=C(C)C(=O)OCCOC(=O)OCCC[Si](OC)(OC)OC.C=CC(=O)OCCC[Si](OC)(OC)OC.C=CC(=O)OCCC[Si](OCC)(OCC)OCC.C=CCOCCC[Si](OC)(OC)OC.C=COCCC[Si](OC)(OC)OC.C=Cc1ccc(COCCC[Si](OC)(OC)OC)cc1. The van der Waals surface area contributed by atoms with Crippen LogP contribution in [0.5, 0.6) is 0 Å². The second-order valence-electron chi connectivity index (χ2n) is 24.7. The van der Waals surface area contributed by atoms with Gasteiger partial charge in [-0.2, -0.15) is 0 Å². The Balaban J connectivity index is -0.000000330. The van der Waals surface area contributed by atoms with E-state index in [1.807, 2.05) is 39.0 Å². The fourth-order valence-corrected chi connectivity index (χ4v) is 22.5. The quantitative estimate of drug-likeness (QED) is 0.0111. The summed E-state index contributed by atoms with van der Waals surface area (Å²) in [6, 6.07) is 12.9. The molecule has 0 aliphatic heterocycles. The zero-order chi connectivity index (χ0) is 95.5. The Morgan fingerprint density at radius 3 is 0.927 bits per heavy atom. The molecule has 0 saturated carbocycles. The molecule has 0 N–H and O–H groups in total. The van der Waals surface area contributed by atoms with E-state index in [2.05, 4.69) is 58.2 Å². The third kappa shape index (κ3) is 65.0. The molecule has 0 aromatic heterocycles. The Kier molecular flexibility index (Phi) is 87.8. The Morgan fingerprint density at radius 1 is 0.331 bits per heavy atom. The predicted molar refractivity (Wildman–Crippen MR) is 482 cm³/mol. The first-order valence-electron chi connectivity index (χ1n) is 40.0. The van der Waals surface area contributed by atoms with Crippen molar-refractivity contribution in [1.29, 1.82) is 0 Å². The third-order valence-corrected chi connectivity index (χ3v) is 36.8. The lowest BCUT2D eigenvalue weighted by atomic mass is 10.1. The van der Waals surface area contributed by atoms with Gasteiger partial charge in [-0.1, -0.05) is 75.9 Å². The van der Waals surface area contributed by atoms with Gasteiger partial charge in [0.1, 0.15) is 26.4 Å². The molecule has 37 nitrogen and oxygen atoms in total. The van der Waals surface area contributed by atoms with Crippen LogP contribution in [-0.4, -0.2) is 318 Å². The summed E-state index contributed by atoms with van der Waals surface area (Å²) in [7, 11) is 10.9. The van der Waals surface area contributed by atoms with Crippen LogP contribution < -0.4 is 0 Å². The van der Waals surface area contributed by atoms with E-state index in [1.54, 1.807) is 120 Å². The highest BCUT2D eigenvalue weighted by Gasteiger charge is 2.42. The summed E-state index contributed by atoms with van der Waals surface area (Å²) >= 11 is 0. The molecule has 1 rings (SSSR count). The number of unbranched alkanes of at least 4 members (excludes halogenated alkanes) is 1. The van der Waals surface area contributed by atoms with Crippen molar-refractivity contribution in [3.05, 3.63) is 117 Å². The summed E-state index contributed by atoms with van der Waals surface area (Å²) in [5, 5.41) is 0. The molecule has 0 amide bonds. The molecular formula is C80H154O37Si7. The normalized spacial score (nSPS) is 11.2. The molecule has 1 aromatic rings. The molecule has 0 aliphatic carbocycles. The molecule has 724 valence electrons. The molecule has 0 spiro atoms. The molecule has 124 heavy (non-hydrogen) atoms. The zero-order valence-corrected chi connectivity index (χ0v) is 85.7. The molecule has 0 saturated heterocycles. The maximum absolute atomic E-state index is 11.5. The van der Waals surface area contributed by atoms with Crippen molar-refractivity contribution < 1.29 is 169 Å². The van der Waals surface area contributed by atoms with Crippen LogP contribution in [0.3, 0.4) is 0 Å². The highest BCUT2D eigenvalue weighted by atomic mass is 28.4. The van der Waals surface area contributed by atoms with Gasteiger partial charge in [-0.15, -0.1) is 6.58 Å². The summed E-state index contributed by atoms with van der Waals surface area (Å²) in [4.78, 5) is 66.5. The van der Waals surface area contributed by atoms with Gasteiger partial charge in [0, 0.05) is 233 Å². The molecular weight excluding hydrogens is 1750 g/mol. The van der Waals surface area contributed by atoms with Gasteiger partial charge in [-0.05, 0) is 97.1 Å². The standard InChI is InChI=1S/C15H24O4Si.C14H26O7Si.C13H24O8Si.C12H24O5Si.C9H18O5Si.C9H20O4Si.C8H18O4Si/c1-5-14-7-9-15(10-8-14)13-19-11-6-12-20(16-2,17-3)18-4;1-12(2)14(16)21-10-9-20-13(15)8-6-7-11-22(17-3,18-4)19-5;1-11(2)12(14)19-8-9-21-13(15)20-7-6-10-22(16-3,17-4)18-5;1-5-12(13)14-10-9-11-18(15-6-2,16-7-3)17-8-4;1-5-9(10)14-7-6-8-15(11-2,12-3)13-4;1-5-7-13-8-6-9-14(10-2,11-3)12-4;1-5-12-7-6-8-13(9-2,10-3)11-4/h5,7-10H,1,6,11-13H2,2-4H3;1,6-11H2,2-5H3;1,6-10H2,2-5H3;5H,1,6-11H2,2-4H3;5H,1,6-8H2,2-4H3;5H,1,6-9H2,2-4H3;5H,1,6-8H2,2-4H3. The van der Waals surface area contributed by atoms with Crippen LogP contribution in [0.1, 0.15) is 104 Å². The molecule has 0 atom stereocenters. The number of carbonyl (C=O) groups is 6. The monoisotopic (exact) mass is 1900 g/mol. The Morgan fingerprint density at radius 2 is 0.621 bits per heavy atom. The summed E-state index contributed by atoms with van der Waals surface area (Å²) in [5.41, 5.74) is 2.87. The van der Waals surface area contributed by atoms with Gasteiger partial charge in [0.15, 0.2) is 0 Å². The van der Waals surface area contributed by atoms with Crippen LogP contribution in [0.4, 0.5) is 4.79 Å². The predicted octanol–water partition coefficient (Wildman–Crippen LogP) is 12.3. The number of hydrogen-bond donors (Lipinski definition) is 0. The summed E-state index contributed by atoms with van der Waals surface area (Å²) in [6.45, 7) is 38.6. The molecule has 0 heterocycles. The average molecular weight is 1900 g/mol. The van der Waals surface area contributed by atoms with Gasteiger partial charge in [0.25, 0.3) is 0 Å². The van der Waals surface area contributed by atoms with Crippen LogP contribution in [0.2, 0.25) is 42.3 Å². The van der Waals surface area contributed by atoms with E-state index in [0.29, 0.717) is 122 Å². The van der Waals surface area contributed by atoms with E-state index in [1.165, 1.54) is 34.5 Å². The number of hydrogen-bond acceptors (Lipinski definition) is 37. The van der Waals surface area contributed by atoms with Crippen LogP contribution in [0, 0.1) is 0 Å². The molecule has 0 fully saturated rings. The minimum Gasteiger partial charge on any atom is -0.502 e. The molecule has 0 unspecified atom stereocenters. The minimum absolute atomic E-state index is 0.0322. The number of ether oxygens (including phenoxy) is 10. The fourth-order valence-electron chi connectivity index (χ4n) is 9.69. The van der Waals surface area contributed by atoms with E-state index in [0.717, 1.165) is 67.1 Å². The molecule has 0 aliphatic rings. The molecule has 0 bridgehead atoms. The maximum atomic E-state index is 11.5. The van der Waals surface area contributed by atoms with E-state index < -0.39 is 91.7 Å². The lowest BCUT2D eigenvalue weighted by molar-refractivity contribution is -0.150. The van der Waals surface area contributed by atoms with Crippen molar-refractivity contribution in [1.82, 2.24) is 0 Å². The Labute approximate surface area is 747 Å². The first kappa shape index (κ1) is 129. The van der Waals surface area contributed by atoms with Crippen molar-refractivity contribution >= 4 is 104 Å². The first-order valence-corrected chi connectivity index (χ1v) is 53.5. The number of carbonyl (C=O) groups excluding carboxylic acids is 6. The van der Waals surface area contributed by atoms with Crippen molar-refractivity contribution in [2.24, 2.45) is 0 Å². The van der Waals surface area contributed by atoms with E-state index >= 15 is 0 Å². The summed E-state index contributed by atoms with van der Waals surface area (Å²) in [5.74, 6) is -2.18. The van der Waals surface area contributed by atoms with Crippen molar-refractivity contribution in [2.45, 2.75) is 141 Å². The third-order valence-electron chi connectivity index (χ3n) is 16.7. The van der Waals surface area contributed by atoms with Crippen molar-refractivity contribution in [3.8, 4) is 0 Å². The summed E-state index contributed by atoms with van der Waals surface area (Å²) in [6.07, 6.45) is 12.5. The molecule has 44 heteroatoms. The summed E-state index contributed by atoms with van der Waals surface area (Å²) < 4.78 is 161. The van der Waals surface area contributed by atoms with Crippen molar-refractivity contribution in [2.75, 3.05) is 220 Å². The second-order valence-corrected chi connectivity index (χ2v) is 46.0. The minimum atomic E-state index is -2.64. The van der Waals surface area contributed by atoms with Gasteiger partial charge in [-0.25, -0.2) is 24.0 Å². The lowest BCUT2D eigenvalue weighted by Crippen LogP contribution is -2.46. The highest BCUT2D eigenvalue weighted by molar-refractivity contribution is 6.62. The molecule has 1 aromatic carbocycles. The second kappa shape index (κ2) is 84.3. The van der Waals surface area contributed by atoms with E-state index in [9.17, 15) is 28.8 Å². The van der Waals surface area contributed by atoms with Gasteiger partial charge in [-0.3, -0.25) is 4.79 Å². The fraction of sp³-hybridized carbons (Fsp3) is 0.675. The van der Waals surface area contributed by atoms with Crippen molar-refractivity contribution in [3.63, 3.8) is 0 Å². The van der Waals surface area contributed by atoms with E-state index in [4.69, 9.17) is 140 Å². The lowest BCUT2D eigenvalue weighted by Gasteiger charge is -2.28. The van der Waals surface area contributed by atoms with Gasteiger partial charge in [0.05, 0.1) is 45.9 Å². The first-order chi connectivity index (χ1) is 59.3. The number of esters is 5. The van der Waals surface area contributed by atoms with Gasteiger partial charge in [0.2, 0.25) is 0 Å². The van der Waals surface area contributed by atoms with Gasteiger partial charge >= 0.3 is 97.6 Å². The average Bonchev–Trinajstić information content (AvgIpc) is 0.847. The Bertz CT molecular complexity index is 2750. The molecule has 0 radical (unpaired) electrons.